The molecule has 1 aliphatic heterocycles. The molecule has 20 heavy (non-hydrogen) atoms. The van der Waals surface area contributed by atoms with Crippen LogP contribution in [0.5, 0.6) is 0 Å². The van der Waals surface area contributed by atoms with E-state index in [9.17, 15) is 4.79 Å². The topological polar surface area (TPSA) is 64.9 Å². The zero-order chi connectivity index (χ0) is 14.6. The maximum atomic E-state index is 12.6. The average Bonchev–Trinajstić information content (AvgIpc) is 2.91. The van der Waals surface area contributed by atoms with Crippen LogP contribution in [0, 0.1) is 11.3 Å². The maximum absolute atomic E-state index is 12.6. The van der Waals surface area contributed by atoms with E-state index in [4.69, 9.17) is 5.26 Å². The minimum absolute atomic E-state index is 0.0160. The third-order valence-corrected chi connectivity index (χ3v) is 4.36. The number of hydrogen-bond acceptors (Lipinski definition) is 3. The lowest BCUT2D eigenvalue weighted by Crippen LogP contribution is -2.50. The predicted octanol–water partition coefficient (Wildman–Crippen LogP) is 3.18. The number of halogens is 1. The number of anilines is 1. The van der Waals surface area contributed by atoms with Crippen molar-refractivity contribution in [2.75, 3.05) is 11.9 Å². The van der Waals surface area contributed by atoms with E-state index in [1.54, 1.807) is 18.2 Å². The second-order valence-electron chi connectivity index (χ2n) is 5.12. The molecule has 2 rings (SSSR count). The number of nitriles is 1. The van der Waals surface area contributed by atoms with Crippen molar-refractivity contribution in [3.8, 4) is 6.07 Å². The molecule has 0 aromatic heterocycles. The molecule has 0 bridgehead atoms. The first kappa shape index (κ1) is 15.0. The van der Waals surface area contributed by atoms with Gasteiger partial charge in [0.1, 0.15) is 0 Å². The van der Waals surface area contributed by atoms with Gasteiger partial charge in [0.15, 0.2) is 0 Å². The quantitative estimate of drug-likeness (QED) is 0.888. The number of carbonyl (C=O) groups excluding carboxylic acids is 1. The molecule has 0 spiro atoms. The summed E-state index contributed by atoms with van der Waals surface area (Å²) in [4.78, 5) is 12.6. The zero-order valence-corrected chi connectivity index (χ0v) is 13.1. The third kappa shape index (κ3) is 3.02. The van der Waals surface area contributed by atoms with Crippen LogP contribution in [0.3, 0.4) is 0 Å². The van der Waals surface area contributed by atoms with Crippen molar-refractivity contribution in [3.63, 3.8) is 0 Å². The molecule has 1 heterocycles. The zero-order valence-electron chi connectivity index (χ0n) is 11.5. The molecule has 4 nitrogen and oxygen atoms in total. The molecule has 1 aromatic carbocycles. The maximum Gasteiger partial charge on any atom is 0.244 e. The smallest absolute Gasteiger partial charge is 0.244 e. The van der Waals surface area contributed by atoms with Gasteiger partial charge in [0.05, 0.1) is 22.9 Å². The molecule has 1 aromatic rings. The van der Waals surface area contributed by atoms with Crippen molar-refractivity contribution < 1.29 is 4.79 Å². The number of rotatable bonds is 4. The van der Waals surface area contributed by atoms with Crippen molar-refractivity contribution >= 4 is 27.5 Å². The number of benzene rings is 1. The Hall–Kier alpha value is -1.38. The molecule has 2 N–H and O–H groups in total. The molecule has 1 saturated heterocycles. The molecule has 0 radical (unpaired) electrons. The molecule has 0 aliphatic carbocycles. The van der Waals surface area contributed by atoms with E-state index in [1.165, 1.54) is 0 Å². The van der Waals surface area contributed by atoms with Crippen molar-refractivity contribution in [2.24, 2.45) is 0 Å². The summed E-state index contributed by atoms with van der Waals surface area (Å²) in [7, 11) is 0. The summed E-state index contributed by atoms with van der Waals surface area (Å²) in [5.41, 5.74) is 0.831. The molecule has 1 fully saturated rings. The highest BCUT2D eigenvalue weighted by Crippen LogP contribution is 2.29. The van der Waals surface area contributed by atoms with Crippen molar-refractivity contribution in [2.45, 2.75) is 38.1 Å². The molecule has 1 atom stereocenters. The van der Waals surface area contributed by atoms with Crippen LogP contribution < -0.4 is 10.6 Å². The Bertz CT molecular complexity index is 545. The number of nitrogens with one attached hydrogen (secondary N) is 2. The van der Waals surface area contributed by atoms with Gasteiger partial charge >= 0.3 is 0 Å². The molecular formula is C15H18BrN3O. The lowest BCUT2D eigenvalue weighted by Gasteiger charge is -2.28. The normalized spacial score (nSPS) is 21.4. The Balaban J connectivity index is 2.16. The first-order valence-corrected chi connectivity index (χ1v) is 7.67. The Labute approximate surface area is 127 Å². The minimum atomic E-state index is -0.442. The molecular weight excluding hydrogens is 318 g/mol. The summed E-state index contributed by atoms with van der Waals surface area (Å²) in [5.74, 6) is 0.0160. The van der Waals surface area contributed by atoms with Gasteiger partial charge in [0.25, 0.3) is 0 Å². The molecule has 1 amide bonds. The fourth-order valence-electron chi connectivity index (χ4n) is 2.68. The Morgan fingerprint density at radius 2 is 2.40 bits per heavy atom. The fraction of sp³-hybridized carbons (Fsp3) is 0.467. The van der Waals surface area contributed by atoms with Gasteiger partial charge in [-0.2, -0.15) is 5.26 Å². The molecule has 5 heteroatoms. The summed E-state index contributed by atoms with van der Waals surface area (Å²) in [6.45, 7) is 2.98. The van der Waals surface area contributed by atoms with E-state index >= 15 is 0 Å². The first-order valence-electron chi connectivity index (χ1n) is 6.87. The summed E-state index contributed by atoms with van der Waals surface area (Å²) < 4.78 is 0.731. The summed E-state index contributed by atoms with van der Waals surface area (Å²) >= 11 is 3.40. The average molecular weight is 336 g/mol. The summed E-state index contributed by atoms with van der Waals surface area (Å²) in [6, 6.07) is 7.25. The number of amides is 1. The number of nitrogens with zero attached hydrogens (tertiary/aromatic N) is 1. The van der Waals surface area contributed by atoms with Gasteiger partial charge in [0, 0.05) is 4.47 Å². The molecule has 106 valence electrons. The molecule has 0 saturated carbocycles. The van der Waals surface area contributed by atoms with Crippen LogP contribution in [0.1, 0.15) is 38.2 Å². The molecule has 1 unspecified atom stereocenters. The van der Waals surface area contributed by atoms with E-state index in [0.29, 0.717) is 11.3 Å². The van der Waals surface area contributed by atoms with Gasteiger partial charge in [-0.3, -0.25) is 4.79 Å². The van der Waals surface area contributed by atoms with Crippen LogP contribution in [-0.2, 0) is 4.79 Å². The van der Waals surface area contributed by atoms with Gasteiger partial charge in [-0.15, -0.1) is 0 Å². The van der Waals surface area contributed by atoms with Crippen LogP contribution >= 0.6 is 15.9 Å². The summed E-state index contributed by atoms with van der Waals surface area (Å²) in [6.07, 6.45) is 3.71. The van der Waals surface area contributed by atoms with E-state index in [2.05, 4.69) is 39.6 Å². The van der Waals surface area contributed by atoms with E-state index in [0.717, 1.165) is 36.7 Å². The van der Waals surface area contributed by atoms with Crippen molar-refractivity contribution in [1.29, 1.82) is 5.26 Å². The monoisotopic (exact) mass is 335 g/mol. The first-order chi connectivity index (χ1) is 9.61. The fourth-order valence-corrected chi connectivity index (χ4v) is 3.16. The van der Waals surface area contributed by atoms with Crippen molar-refractivity contribution in [3.05, 3.63) is 28.2 Å². The third-order valence-electron chi connectivity index (χ3n) is 3.70. The van der Waals surface area contributed by atoms with Gasteiger partial charge in [-0.25, -0.2) is 0 Å². The highest BCUT2D eigenvalue weighted by atomic mass is 79.9. The van der Waals surface area contributed by atoms with Crippen LogP contribution in [-0.4, -0.2) is 18.0 Å². The van der Waals surface area contributed by atoms with E-state index in [1.807, 2.05) is 0 Å². The molecule has 1 aliphatic rings. The minimum Gasteiger partial charge on any atom is -0.323 e. The van der Waals surface area contributed by atoms with E-state index < -0.39 is 5.54 Å². The lowest BCUT2D eigenvalue weighted by molar-refractivity contribution is -0.122. The van der Waals surface area contributed by atoms with Crippen LogP contribution in [0.15, 0.2) is 22.7 Å². The SMILES string of the molecule is CCCC1(C(=O)Nc2ccc(C#N)cc2Br)CCCN1. The van der Waals surface area contributed by atoms with E-state index in [-0.39, 0.29) is 5.91 Å². The van der Waals surface area contributed by atoms with Crippen LogP contribution in [0.25, 0.3) is 0 Å². The predicted molar refractivity (Wildman–Crippen MR) is 82.4 cm³/mol. The van der Waals surface area contributed by atoms with Crippen LogP contribution in [0.2, 0.25) is 0 Å². The van der Waals surface area contributed by atoms with Crippen LogP contribution in [0.4, 0.5) is 5.69 Å². The van der Waals surface area contributed by atoms with Gasteiger partial charge < -0.3 is 10.6 Å². The standard InChI is InChI=1S/C15H18BrN3O/c1-2-6-15(7-3-8-18-15)14(20)19-13-5-4-11(10-17)9-12(13)16/h4-5,9,18H,2-3,6-8H2,1H3,(H,19,20). The van der Waals surface area contributed by atoms with Gasteiger partial charge in [-0.1, -0.05) is 13.3 Å². The van der Waals surface area contributed by atoms with Gasteiger partial charge in [0.2, 0.25) is 5.91 Å². The number of hydrogen-bond donors (Lipinski definition) is 2. The summed E-state index contributed by atoms with van der Waals surface area (Å²) in [5, 5.41) is 15.2. The largest absolute Gasteiger partial charge is 0.323 e. The Kier molecular flexibility index (Phi) is 4.79. The second-order valence-corrected chi connectivity index (χ2v) is 5.98. The Morgan fingerprint density at radius 1 is 1.60 bits per heavy atom. The second kappa shape index (κ2) is 6.38. The van der Waals surface area contributed by atoms with Gasteiger partial charge in [-0.05, 0) is 59.9 Å². The highest BCUT2D eigenvalue weighted by molar-refractivity contribution is 9.10. The highest BCUT2D eigenvalue weighted by Gasteiger charge is 2.39. The number of carbonyl (C=O) groups is 1. The van der Waals surface area contributed by atoms with Crippen molar-refractivity contribution in [1.82, 2.24) is 5.32 Å². The lowest BCUT2D eigenvalue weighted by atomic mass is 9.91. The Morgan fingerprint density at radius 3 is 2.95 bits per heavy atom.